The van der Waals surface area contributed by atoms with Gasteiger partial charge in [-0.25, -0.2) is 33.7 Å². The molecule has 0 amide bonds. The van der Waals surface area contributed by atoms with Crippen molar-refractivity contribution in [2.24, 2.45) is 20.5 Å². The molecule has 0 spiro atoms. The SMILES string of the molecule is COc1cc(S(=O)(=O)CCOSOO[O-])c(OC)cc1N=Nc1c(SOO[O-])cc2cc(S(=O)(=O)[O-])c(N=Nc3cccc(S(=O)(=O)CCOS(=O)(=O)[O-])c3)c(N)c2c1O.[Na+].[Na+].[Na+].[Na+]. The maximum absolute atomic E-state index is 13.1. The van der Waals surface area contributed by atoms with Crippen LogP contribution in [0.2, 0.25) is 0 Å². The monoisotopic (exact) mass is 1050 g/mol. The number of benzene rings is 4. The maximum atomic E-state index is 13.1. The molecule has 3 N–H and O–H groups in total. The van der Waals surface area contributed by atoms with E-state index in [9.17, 15) is 58.4 Å². The number of nitrogens with zero attached hydrogens (tertiary/aromatic N) is 4. The van der Waals surface area contributed by atoms with Crippen LogP contribution in [0, 0.1) is 0 Å². The summed E-state index contributed by atoms with van der Waals surface area (Å²) in [5, 5.41) is 53.5. The van der Waals surface area contributed by atoms with Crippen LogP contribution < -0.4 is 144 Å². The van der Waals surface area contributed by atoms with Crippen LogP contribution in [0.15, 0.2) is 88.6 Å². The summed E-state index contributed by atoms with van der Waals surface area (Å²) in [7, 11) is -16.8. The molecule has 0 fully saturated rings. The van der Waals surface area contributed by atoms with E-state index >= 15 is 0 Å². The van der Waals surface area contributed by atoms with Crippen LogP contribution in [0.1, 0.15) is 0 Å². The second kappa shape index (κ2) is 28.3. The Morgan fingerprint density at radius 2 is 1.34 bits per heavy atom. The minimum absolute atomic E-state index is 0. The van der Waals surface area contributed by atoms with E-state index in [2.05, 4.69) is 43.4 Å². The van der Waals surface area contributed by atoms with Crippen molar-refractivity contribution >= 4 is 104 Å². The number of nitrogen functional groups attached to an aromatic ring is 1. The number of rotatable bonds is 22. The van der Waals surface area contributed by atoms with E-state index in [1.54, 1.807) is 0 Å². The standard InChI is InChI=1S/C28H29N5O21S6.4Na/c1-47-19-14-22(58(39,40)8-6-49-56-54-52-36)20(48-2)13-18(19)31-32-26-21(55-53-51-35)10-15-11-23(59(41,42)43)27(25(29)24(15)28(26)34)33-30-16-4-3-5-17(12-16)57(37,38)9-7-50-60(44,45)46;;;;/h3-5,10-14,34-36H,6-9,29H2,1-2H3,(H,41,42,43)(H,44,45,46);;;;/q;4*+1/p-4. The number of fused-ring (bicyclic) bond motifs is 1. The fourth-order valence-electron chi connectivity index (χ4n) is 4.82. The van der Waals surface area contributed by atoms with Gasteiger partial charge in [0.05, 0.1) is 82.4 Å². The zero-order valence-corrected chi connectivity index (χ0v) is 46.8. The van der Waals surface area contributed by atoms with Crippen molar-refractivity contribution in [1.29, 1.82) is 0 Å². The molecule has 0 aliphatic rings. The summed E-state index contributed by atoms with van der Waals surface area (Å²) in [5.74, 6) is -2.95. The summed E-state index contributed by atoms with van der Waals surface area (Å²) in [6.45, 7) is -1.47. The number of hydrogen-bond acceptors (Lipinski definition) is 28. The summed E-state index contributed by atoms with van der Waals surface area (Å²) in [6, 6.07) is 8.28. The minimum Gasteiger partial charge on any atom is -0.744 e. The average molecular weight is 1050 g/mol. The van der Waals surface area contributed by atoms with Gasteiger partial charge in [-0.15, -0.1) is 19.7 Å². The molecule has 0 bridgehead atoms. The number of hydrogen-bond donors (Lipinski definition) is 2. The number of aromatic hydroxyl groups is 1. The Kier molecular flexibility index (Phi) is 28.2. The predicted octanol–water partition coefficient (Wildman–Crippen LogP) is -10.0. The molecular formula is C28H25N5Na4O21S6. The molecule has 64 heavy (non-hydrogen) atoms. The van der Waals surface area contributed by atoms with Gasteiger partial charge in [0.15, 0.2) is 37.7 Å². The van der Waals surface area contributed by atoms with E-state index in [0.717, 1.165) is 50.6 Å². The molecule has 26 nitrogen and oxygen atoms in total. The number of sulfone groups is 2. The van der Waals surface area contributed by atoms with Crippen molar-refractivity contribution in [2.75, 3.05) is 44.7 Å². The Hall–Kier alpha value is -0.360. The third kappa shape index (κ3) is 17.6. The number of methoxy groups -OCH3 is 2. The zero-order chi connectivity index (χ0) is 44.5. The summed E-state index contributed by atoms with van der Waals surface area (Å²) < 4.78 is 148. The Balaban J connectivity index is 0.00000992. The van der Waals surface area contributed by atoms with E-state index in [4.69, 9.17) is 19.4 Å². The Morgan fingerprint density at radius 1 is 0.719 bits per heavy atom. The van der Waals surface area contributed by atoms with Crippen LogP contribution in [0.4, 0.5) is 28.4 Å². The largest absolute Gasteiger partial charge is 1.00 e. The molecule has 0 unspecified atom stereocenters. The summed E-state index contributed by atoms with van der Waals surface area (Å²) in [6.07, 6.45) is 0. The molecule has 0 aliphatic heterocycles. The zero-order valence-electron chi connectivity index (χ0n) is 33.9. The molecule has 4 rings (SSSR count). The molecule has 4 aromatic rings. The molecule has 328 valence electrons. The van der Waals surface area contributed by atoms with Gasteiger partial charge in [0, 0.05) is 12.1 Å². The summed E-state index contributed by atoms with van der Waals surface area (Å²) in [5.41, 5.74) is 3.73. The quantitative estimate of drug-likeness (QED) is 0.00849. The van der Waals surface area contributed by atoms with Gasteiger partial charge in [0.1, 0.15) is 43.6 Å². The minimum atomic E-state index is -5.45. The Bertz CT molecular complexity index is 2760. The molecule has 0 radical (unpaired) electrons. The van der Waals surface area contributed by atoms with Gasteiger partial charge in [-0.2, -0.15) is 9.45 Å². The van der Waals surface area contributed by atoms with Gasteiger partial charge in [-0.3, -0.25) is 18.4 Å². The fourth-order valence-corrected chi connectivity index (χ4v) is 9.07. The van der Waals surface area contributed by atoms with E-state index in [1.165, 1.54) is 12.1 Å². The Morgan fingerprint density at radius 3 is 1.94 bits per heavy atom. The molecule has 36 heteroatoms. The third-order valence-corrected chi connectivity index (χ3v) is 13.0. The van der Waals surface area contributed by atoms with Gasteiger partial charge in [0.25, 0.3) is 0 Å². The van der Waals surface area contributed by atoms with Crippen molar-refractivity contribution < 1.29 is 213 Å². The topological polar surface area (TPSA) is 398 Å². The smallest absolute Gasteiger partial charge is 0.744 e. The number of anilines is 1. The number of ether oxygens (including phenoxy) is 2. The van der Waals surface area contributed by atoms with Crippen molar-refractivity contribution in [3.63, 3.8) is 0 Å². The van der Waals surface area contributed by atoms with Gasteiger partial charge >= 0.3 is 118 Å². The van der Waals surface area contributed by atoms with Gasteiger partial charge in [-0.05, 0) is 35.7 Å². The van der Waals surface area contributed by atoms with Crippen LogP contribution >= 0.6 is 24.4 Å². The van der Waals surface area contributed by atoms with Crippen molar-refractivity contribution in [3.8, 4) is 17.2 Å². The molecule has 0 aromatic heterocycles. The second-order valence-electron chi connectivity index (χ2n) is 10.9. The van der Waals surface area contributed by atoms with E-state index in [-0.39, 0.29) is 176 Å². The first-order valence-corrected chi connectivity index (χ1v) is 22.8. The number of phenolic OH excluding ortho intramolecular Hbond substituents is 1. The third-order valence-electron chi connectivity index (χ3n) is 7.35. The van der Waals surface area contributed by atoms with Crippen LogP contribution in [0.25, 0.3) is 10.8 Å². The van der Waals surface area contributed by atoms with Crippen LogP contribution in [0.5, 0.6) is 17.2 Å². The normalized spacial score (nSPS) is 12.0. The molecule has 0 saturated carbocycles. The maximum Gasteiger partial charge on any atom is 1.00 e. The van der Waals surface area contributed by atoms with Gasteiger partial charge < -0.3 is 39.9 Å². The number of nitrogens with two attached hydrogens (primary N) is 1. The van der Waals surface area contributed by atoms with E-state index in [1.807, 2.05) is 0 Å². The predicted molar refractivity (Wildman–Crippen MR) is 196 cm³/mol. The first-order valence-electron chi connectivity index (χ1n) is 15.4. The summed E-state index contributed by atoms with van der Waals surface area (Å²) >= 11 is 0.234. The van der Waals surface area contributed by atoms with Crippen LogP contribution in [0.3, 0.4) is 0 Å². The fraction of sp³-hybridized carbons (Fsp3) is 0.214. The van der Waals surface area contributed by atoms with Gasteiger partial charge in [0.2, 0.25) is 10.4 Å². The van der Waals surface area contributed by atoms with Crippen molar-refractivity contribution in [2.45, 2.75) is 19.6 Å². The second-order valence-corrected chi connectivity index (χ2v) is 18.8. The van der Waals surface area contributed by atoms with Gasteiger partial charge in [-0.1, -0.05) is 6.07 Å². The number of azo groups is 2. The first-order chi connectivity index (χ1) is 28.2. The molecule has 4 aromatic carbocycles. The van der Waals surface area contributed by atoms with Crippen LogP contribution in [-0.4, -0.2) is 86.8 Å². The van der Waals surface area contributed by atoms with Crippen LogP contribution in [-0.2, 0) is 67.3 Å². The molecule has 0 aliphatic carbocycles. The summed E-state index contributed by atoms with van der Waals surface area (Å²) in [4.78, 5) is -2.22. The Labute approximate surface area is 461 Å². The number of phenols is 1. The van der Waals surface area contributed by atoms with E-state index < -0.39 is 108 Å². The molecular weight excluding hydrogens is 1030 g/mol. The molecule has 0 heterocycles. The van der Waals surface area contributed by atoms with Crippen molar-refractivity contribution in [3.05, 3.63) is 48.5 Å². The molecule has 0 saturated heterocycles. The van der Waals surface area contributed by atoms with Crippen molar-refractivity contribution in [1.82, 2.24) is 0 Å². The average Bonchev–Trinajstić information content (AvgIpc) is 3.17. The first kappa shape index (κ1) is 63.6. The van der Waals surface area contributed by atoms with E-state index in [0.29, 0.717) is 0 Å². The molecule has 0 atom stereocenters.